The number of methoxy groups -OCH3 is 1. The zero-order valence-corrected chi connectivity index (χ0v) is 21.5. The molecule has 0 saturated carbocycles. The second-order valence-corrected chi connectivity index (χ2v) is 10.7. The van der Waals surface area contributed by atoms with Crippen LogP contribution in [0.15, 0.2) is 118 Å². The number of oxime groups is 1. The van der Waals surface area contributed by atoms with Gasteiger partial charge in [0.25, 0.3) is 0 Å². The van der Waals surface area contributed by atoms with Gasteiger partial charge in [-0.15, -0.1) is 11.8 Å². The van der Waals surface area contributed by atoms with E-state index in [2.05, 4.69) is 93.6 Å². The second kappa shape index (κ2) is 9.10. The summed E-state index contributed by atoms with van der Waals surface area (Å²) in [6.07, 6.45) is 0.712. The average Bonchev–Trinajstić information content (AvgIpc) is 3.22. The van der Waals surface area contributed by atoms with E-state index in [1.807, 2.05) is 42.1 Å². The van der Waals surface area contributed by atoms with Crippen molar-refractivity contribution in [1.82, 2.24) is 0 Å². The Hall–Kier alpha value is -3.22. The molecule has 4 nitrogen and oxygen atoms in total. The number of benzene rings is 4. The van der Waals surface area contributed by atoms with Gasteiger partial charge in [0.05, 0.1) is 12.8 Å². The van der Waals surface area contributed by atoms with E-state index in [1.54, 1.807) is 7.11 Å². The molecule has 0 unspecified atom stereocenters. The van der Waals surface area contributed by atoms with Gasteiger partial charge in [-0.05, 0) is 42.0 Å². The Morgan fingerprint density at radius 3 is 2.49 bits per heavy atom. The highest BCUT2D eigenvalue weighted by Crippen LogP contribution is 2.56. The Labute approximate surface area is 217 Å². The van der Waals surface area contributed by atoms with Gasteiger partial charge in [0, 0.05) is 32.2 Å². The van der Waals surface area contributed by atoms with E-state index in [-0.39, 0.29) is 5.25 Å². The Bertz CT molecular complexity index is 1390. The fraction of sp³-hybridized carbons (Fsp3) is 0.138. The summed E-state index contributed by atoms with van der Waals surface area (Å²) >= 11 is 5.49. The molecule has 0 fully saturated rings. The van der Waals surface area contributed by atoms with Crippen LogP contribution in [0.25, 0.3) is 0 Å². The monoisotopic (exact) mass is 542 g/mol. The van der Waals surface area contributed by atoms with Gasteiger partial charge in [-0.25, -0.2) is 0 Å². The summed E-state index contributed by atoms with van der Waals surface area (Å²) in [5.41, 5.74) is 3.60. The number of hydrogen-bond donors (Lipinski definition) is 0. The Balaban J connectivity index is 1.55. The molecule has 2 heterocycles. The molecule has 0 aromatic heterocycles. The number of thioether (sulfide) groups is 1. The van der Waals surface area contributed by atoms with Crippen molar-refractivity contribution in [2.75, 3.05) is 12.0 Å². The van der Waals surface area contributed by atoms with Crippen molar-refractivity contribution in [3.63, 3.8) is 0 Å². The second-order valence-electron chi connectivity index (χ2n) is 8.55. The summed E-state index contributed by atoms with van der Waals surface area (Å²) in [4.78, 5) is 10.0. The van der Waals surface area contributed by atoms with Crippen LogP contribution in [0.4, 0.5) is 5.69 Å². The summed E-state index contributed by atoms with van der Waals surface area (Å²) < 4.78 is 6.41. The lowest BCUT2D eigenvalue weighted by molar-refractivity contribution is -0.0283. The SMILES string of the molecule is COc1ccc([C@H]2C[C@@]3(c4ccccc4)ON=C(c4cccc(Br)c4)N3c3ccccc3S2)cc1. The minimum atomic E-state index is -0.789. The fourth-order valence-electron chi connectivity index (χ4n) is 4.81. The number of amidine groups is 1. The number of ether oxygens (including phenoxy) is 1. The predicted octanol–water partition coefficient (Wildman–Crippen LogP) is 7.75. The third-order valence-corrected chi connectivity index (χ3v) is 8.30. The quantitative estimate of drug-likeness (QED) is 0.264. The normalized spacial score (nSPS) is 20.8. The predicted molar refractivity (Wildman–Crippen MR) is 145 cm³/mol. The largest absolute Gasteiger partial charge is 0.497 e. The summed E-state index contributed by atoms with van der Waals surface area (Å²) in [6.45, 7) is 0. The average molecular weight is 543 g/mol. The summed E-state index contributed by atoms with van der Waals surface area (Å²) in [6, 6.07) is 35.5. The molecule has 0 aliphatic carbocycles. The molecule has 0 spiro atoms. The number of hydrogen-bond acceptors (Lipinski definition) is 5. The summed E-state index contributed by atoms with van der Waals surface area (Å²) in [5, 5.41) is 4.87. The van der Waals surface area contributed by atoms with Crippen LogP contribution in [0.1, 0.15) is 28.4 Å². The zero-order chi connectivity index (χ0) is 23.8. The van der Waals surface area contributed by atoms with Crippen LogP contribution in [-0.2, 0) is 10.6 Å². The molecule has 2 atom stereocenters. The molecular formula is C29H23BrN2O2S. The number of halogens is 1. The van der Waals surface area contributed by atoms with Gasteiger partial charge in [-0.3, -0.25) is 4.90 Å². The molecule has 4 aromatic carbocycles. The van der Waals surface area contributed by atoms with E-state index in [1.165, 1.54) is 10.5 Å². The van der Waals surface area contributed by atoms with Gasteiger partial charge in [0.2, 0.25) is 5.72 Å². The summed E-state index contributed by atoms with van der Waals surface area (Å²) in [5.74, 6) is 1.66. The van der Waals surface area contributed by atoms with Crippen LogP contribution in [-0.4, -0.2) is 12.9 Å². The maximum atomic E-state index is 6.53. The molecule has 6 heteroatoms. The molecule has 0 amide bonds. The van der Waals surface area contributed by atoms with Crippen LogP contribution in [0, 0.1) is 0 Å². The van der Waals surface area contributed by atoms with E-state index in [4.69, 9.17) is 14.7 Å². The highest BCUT2D eigenvalue weighted by atomic mass is 79.9. The van der Waals surface area contributed by atoms with Crippen molar-refractivity contribution in [3.05, 3.63) is 124 Å². The smallest absolute Gasteiger partial charge is 0.242 e. The Morgan fingerprint density at radius 1 is 0.943 bits per heavy atom. The lowest BCUT2D eigenvalue weighted by atomic mass is 9.92. The topological polar surface area (TPSA) is 34.1 Å². The van der Waals surface area contributed by atoms with Gasteiger partial charge in [0.15, 0.2) is 5.84 Å². The van der Waals surface area contributed by atoms with Crippen molar-refractivity contribution in [3.8, 4) is 5.75 Å². The molecule has 0 radical (unpaired) electrons. The van der Waals surface area contributed by atoms with Crippen molar-refractivity contribution < 1.29 is 9.57 Å². The number of nitrogens with zero attached hydrogens (tertiary/aromatic N) is 2. The lowest BCUT2D eigenvalue weighted by Crippen LogP contribution is -2.47. The van der Waals surface area contributed by atoms with E-state index >= 15 is 0 Å². The van der Waals surface area contributed by atoms with E-state index in [0.717, 1.165) is 32.9 Å². The highest BCUT2D eigenvalue weighted by Gasteiger charge is 2.52. The van der Waals surface area contributed by atoms with Crippen LogP contribution >= 0.6 is 27.7 Å². The number of para-hydroxylation sites is 1. The van der Waals surface area contributed by atoms with Crippen molar-refractivity contribution >= 4 is 39.2 Å². The van der Waals surface area contributed by atoms with Crippen LogP contribution in [0.3, 0.4) is 0 Å². The first-order chi connectivity index (χ1) is 17.2. The summed E-state index contributed by atoms with van der Waals surface area (Å²) in [7, 11) is 1.70. The Morgan fingerprint density at radius 2 is 1.71 bits per heavy atom. The number of rotatable bonds is 4. The first kappa shape index (κ1) is 22.3. The first-order valence-corrected chi connectivity index (χ1v) is 13.1. The van der Waals surface area contributed by atoms with Crippen molar-refractivity contribution in [2.24, 2.45) is 5.16 Å². The number of fused-ring (bicyclic) bond motifs is 3. The van der Waals surface area contributed by atoms with Crippen molar-refractivity contribution in [1.29, 1.82) is 0 Å². The van der Waals surface area contributed by atoms with Crippen molar-refractivity contribution in [2.45, 2.75) is 22.3 Å². The molecule has 0 N–H and O–H groups in total. The minimum absolute atomic E-state index is 0.143. The van der Waals surface area contributed by atoms with Gasteiger partial charge in [-0.2, -0.15) is 0 Å². The number of anilines is 1. The van der Waals surface area contributed by atoms with Crippen LogP contribution in [0.2, 0.25) is 0 Å². The molecule has 4 aromatic rings. The maximum absolute atomic E-state index is 6.53. The third kappa shape index (κ3) is 3.91. The molecule has 2 aliphatic rings. The molecule has 0 bridgehead atoms. The Kier molecular flexibility index (Phi) is 5.78. The highest BCUT2D eigenvalue weighted by molar-refractivity contribution is 9.10. The third-order valence-electron chi connectivity index (χ3n) is 6.49. The maximum Gasteiger partial charge on any atom is 0.242 e. The lowest BCUT2D eigenvalue weighted by Gasteiger charge is -2.37. The van der Waals surface area contributed by atoms with Gasteiger partial charge in [0.1, 0.15) is 5.75 Å². The zero-order valence-electron chi connectivity index (χ0n) is 19.1. The van der Waals surface area contributed by atoms with E-state index in [9.17, 15) is 0 Å². The van der Waals surface area contributed by atoms with E-state index < -0.39 is 5.72 Å². The van der Waals surface area contributed by atoms with Gasteiger partial charge >= 0.3 is 0 Å². The van der Waals surface area contributed by atoms with Gasteiger partial charge < -0.3 is 9.57 Å². The minimum Gasteiger partial charge on any atom is -0.497 e. The molecule has 35 heavy (non-hydrogen) atoms. The molecule has 174 valence electrons. The molecular weight excluding hydrogens is 520 g/mol. The first-order valence-electron chi connectivity index (χ1n) is 11.5. The van der Waals surface area contributed by atoms with Crippen LogP contribution in [0.5, 0.6) is 5.75 Å². The standard InChI is InChI=1S/C29H23BrN2O2S/c1-33-24-16-14-20(15-17-24)27-19-29(22-9-3-2-4-10-22)32(25-12-5-6-13-26(25)35-27)28(31-34-29)21-8-7-11-23(30)18-21/h2-18,27H,19H2,1H3/t27-,29+/m1/s1. The fourth-order valence-corrected chi connectivity index (χ4v) is 6.55. The molecule has 0 saturated heterocycles. The molecule has 6 rings (SSSR count). The molecule has 2 aliphatic heterocycles. The van der Waals surface area contributed by atoms with Gasteiger partial charge in [-0.1, -0.05) is 87.8 Å². The van der Waals surface area contributed by atoms with E-state index in [0.29, 0.717) is 6.42 Å². The van der Waals surface area contributed by atoms with Crippen LogP contribution < -0.4 is 9.64 Å².